The van der Waals surface area contributed by atoms with E-state index in [1.807, 2.05) is 0 Å². The molecule has 0 aromatic heterocycles. The summed E-state index contributed by atoms with van der Waals surface area (Å²) in [5, 5.41) is 5.30. The van der Waals surface area contributed by atoms with E-state index in [1.165, 1.54) is 18.2 Å². The predicted molar refractivity (Wildman–Crippen MR) is 85.5 cm³/mol. The van der Waals surface area contributed by atoms with Crippen molar-refractivity contribution in [2.45, 2.75) is 13.0 Å². The van der Waals surface area contributed by atoms with Crippen LogP contribution in [-0.4, -0.2) is 12.5 Å². The summed E-state index contributed by atoms with van der Waals surface area (Å²) >= 11 is 3.13. The van der Waals surface area contributed by atoms with Crippen LogP contribution in [0.4, 0.5) is 18.9 Å². The van der Waals surface area contributed by atoms with E-state index >= 15 is 0 Å². The molecule has 7 heteroatoms. The largest absolute Gasteiger partial charge is 0.322 e. The zero-order chi connectivity index (χ0) is 17.0. The molecule has 23 heavy (non-hydrogen) atoms. The number of carbonyl (C=O) groups excluding carboxylic acids is 1. The lowest BCUT2D eigenvalue weighted by molar-refractivity contribution is -0.115. The third-order valence-electron chi connectivity index (χ3n) is 3.22. The molecule has 2 aromatic carbocycles. The summed E-state index contributed by atoms with van der Waals surface area (Å²) in [4.78, 5) is 11.8. The minimum Gasteiger partial charge on any atom is -0.322 e. The Morgan fingerprint density at radius 3 is 2.48 bits per heavy atom. The molecule has 2 N–H and O–H groups in total. The first-order valence-electron chi connectivity index (χ1n) is 6.80. The third kappa shape index (κ3) is 4.80. The molecule has 1 amide bonds. The number of halogens is 4. The third-order valence-corrected chi connectivity index (χ3v) is 3.71. The van der Waals surface area contributed by atoms with E-state index in [2.05, 4.69) is 26.6 Å². The van der Waals surface area contributed by atoms with Gasteiger partial charge in [-0.2, -0.15) is 0 Å². The van der Waals surface area contributed by atoms with Gasteiger partial charge in [0, 0.05) is 10.5 Å². The highest BCUT2D eigenvalue weighted by atomic mass is 79.9. The molecule has 0 saturated carbocycles. The first-order chi connectivity index (χ1) is 10.9. The molecule has 0 aliphatic heterocycles. The summed E-state index contributed by atoms with van der Waals surface area (Å²) in [7, 11) is 0. The second-order valence-electron chi connectivity index (χ2n) is 4.95. The van der Waals surface area contributed by atoms with Crippen LogP contribution in [0.5, 0.6) is 0 Å². The van der Waals surface area contributed by atoms with Gasteiger partial charge in [-0.3, -0.25) is 4.79 Å². The molecule has 2 rings (SSSR count). The van der Waals surface area contributed by atoms with Gasteiger partial charge in [-0.1, -0.05) is 22.0 Å². The quantitative estimate of drug-likeness (QED) is 0.809. The van der Waals surface area contributed by atoms with Gasteiger partial charge in [0.05, 0.1) is 12.2 Å². The summed E-state index contributed by atoms with van der Waals surface area (Å²) in [6.45, 7) is 1.61. The van der Waals surface area contributed by atoms with Gasteiger partial charge in [0.25, 0.3) is 0 Å². The first kappa shape index (κ1) is 17.5. The second-order valence-corrected chi connectivity index (χ2v) is 5.86. The van der Waals surface area contributed by atoms with Crippen molar-refractivity contribution >= 4 is 27.5 Å². The molecule has 0 saturated heterocycles. The molecular weight excluding hydrogens is 373 g/mol. The van der Waals surface area contributed by atoms with Crippen LogP contribution in [0.3, 0.4) is 0 Å². The van der Waals surface area contributed by atoms with Crippen molar-refractivity contribution < 1.29 is 18.0 Å². The first-order valence-corrected chi connectivity index (χ1v) is 7.59. The second kappa shape index (κ2) is 7.61. The highest BCUT2D eigenvalue weighted by Gasteiger charge is 2.12. The normalized spacial score (nSPS) is 12.0. The molecular formula is C16H14BrF3N2O. The highest BCUT2D eigenvalue weighted by molar-refractivity contribution is 9.10. The van der Waals surface area contributed by atoms with Gasteiger partial charge in [0.2, 0.25) is 5.91 Å². The SMILES string of the molecule is C[C@@H](NCC(=O)Nc1ccc(Br)cc1F)c1ccc(F)c(F)c1. The number of carbonyl (C=O) groups is 1. The van der Waals surface area contributed by atoms with Crippen molar-refractivity contribution in [3.8, 4) is 0 Å². The Balaban J connectivity index is 1.91. The summed E-state index contributed by atoms with van der Waals surface area (Å²) < 4.78 is 40.2. The molecule has 1 atom stereocenters. The molecule has 122 valence electrons. The predicted octanol–water partition coefficient (Wildman–Crippen LogP) is 4.16. The van der Waals surface area contributed by atoms with Crippen molar-refractivity contribution in [3.63, 3.8) is 0 Å². The van der Waals surface area contributed by atoms with E-state index in [0.29, 0.717) is 10.0 Å². The lowest BCUT2D eigenvalue weighted by Gasteiger charge is -2.14. The lowest BCUT2D eigenvalue weighted by atomic mass is 10.1. The molecule has 0 spiro atoms. The summed E-state index contributed by atoms with van der Waals surface area (Å²) in [6, 6.07) is 7.45. The fourth-order valence-corrected chi connectivity index (χ4v) is 2.26. The molecule has 0 heterocycles. The minimum atomic E-state index is -0.947. The maximum Gasteiger partial charge on any atom is 0.238 e. The minimum absolute atomic E-state index is 0.0699. The number of anilines is 1. The summed E-state index contributed by atoms with van der Waals surface area (Å²) in [5.41, 5.74) is 0.576. The Kier molecular flexibility index (Phi) is 5.79. The van der Waals surface area contributed by atoms with Crippen molar-refractivity contribution in [1.82, 2.24) is 5.32 Å². The molecule has 0 aliphatic carbocycles. The van der Waals surface area contributed by atoms with Crippen LogP contribution >= 0.6 is 15.9 Å². The maximum absolute atomic E-state index is 13.6. The van der Waals surface area contributed by atoms with Gasteiger partial charge in [-0.15, -0.1) is 0 Å². The van der Waals surface area contributed by atoms with E-state index in [9.17, 15) is 18.0 Å². The summed E-state index contributed by atoms with van der Waals surface area (Å²) in [5.74, 6) is -2.87. The summed E-state index contributed by atoms with van der Waals surface area (Å²) in [6.07, 6.45) is 0. The number of amides is 1. The smallest absolute Gasteiger partial charge is 0.238 e. The Morgan fingerprint density at radius 2 is 1.83 bits per heavy atom. The lowest BCUT2D eigenvalue weighted by Crippen LogP contribution is -2.30. The van der Waals surface area contributed by atoms with Gasteiger partial charge in [-0.25, -0.2) is 13.2 Å². The topological polar surface area (TPSA) is 41.1 Å². The Bertz CT molecular complexity index is 724. The fourth-order valence-electron chi connectivity index (χ4n) is 1.93. The Morgan fingerprint density at radius 1 is 1.09 bits per heavy atom. The van der Waals surface area contributed by atoms with Gasteiger partial charge in [0.15, 0.2) is 11.6 Å². The monoisotopic (exact) mass is 386 g/mol. The number of hydrogen-bond acceptors (Lipinski definition) is 2. The zero-order valence-electron chi connectivity index (χ0n) is 12.2. The van der Waals surface area contributed by atoms with Crippen molar-refractivity contribution in [3.05, 3.63) is 63.9 Å². The van der Waals surface area contributed by atoms with Crippen LogP contribution in [0, 0.1) is 17.5 Å². The number of rotatable bonds is 5. The highest BCUT2D eigenvalue weighted by Crippen LogP contribution is 2.19. The van der Waals surface area contributed by atoms with Crippen LogP contribution in [-0.2, 0) is 4.79 Å². The Labute approximate surface area is 140 Å². The van der Waals surface area contributed by atoms with E-state index in [1.54, 1.807) is 13.0 Å². The van der Waals surface area contributed by atoms with Crippen LogP contribution in [0.2, 0.25) is 0 Å². The van der Waals surface area contributed by atoms with Crippen LogP contribution in [0.1, 0.15) is 18.5 Å². The molecule has 0 bridgehead atoms. The standard InChI is InChI=1S/C16H14BrF3N2O/c1-9(10-2-4-12(18)13(19)6-10)21-8-16(23)22-15-5-3-11(17)7-14(15)20/h2-7,9,21H,8H2,1H3,(H,22,23)/t9-/m1/s1. The molecule has 2 aromatic rings. The average molecular weight is 387 g/mol. The van der Waals surface area contributed by atoms with E-state index in [4.69, 9.17) is 0 Å². The molecule has 0 aliphatic rings. The molecule has 0 fully saturated rings. The van der Waals surface area contributed by atoms with Gasteiger partial charge < -0.3 is 10.6 Å². The Hall–Kier alpha value is -1.86. The van der Waals surface area contributed by atoms with Crippen molar-refractivity contribution in [2.75, 3.05) is 11.9 Å². The van der Waals surface area contributed by atoms with E-state index in [0.717, 1.165) is 12.1 Å². The molecule has 0 unspecified atom stereocenters. The fraction of sp³-hybridized carbons (Fsp3) is 0.188. The van der Waals surface area contributed by atoms with Gasteiger partial charge in [0.1, 0.15) is 5.82 Å². The van der Waals surface area contributed by atoms with Crippen molar-refractivity contribution in [1.29, 1.82) is 0 Å². The molecule has 3 nitrogen and oxygen atoms in total. The number of nitrogens with one attached hydrogen (secondary N) is 2. The number of hydrogen-bond donors (Lipinski definition) is 2. The molecule has 0 radical (unpaired) electrons. The van der Waals surface area contributed by atoms with E-state index in [-0.39, 0.29) is 18.3 Å². The van der Waals surface area contributed by atoms with Crippen LogP contribution < -0.4 is 10.6 Å². The van der Waals surface area contributed by atoms with Crippen LogP contribution in [0.15, 0.2) is 40.9 Å². The van der Waals surface area contributed by atoms with Crippen LogP contribution in [0.25, 0.3) is 0 Å². The zero-order valence-corrected chi connectivity index (χ0v) is 13.8. The van der Waals surface area contributed by atoms with E-state index < -0.39 is 23.4 Å². The van der Waals surface area contributed by atoms with Gasteiger partial charge >= 0.3 is 0 Å². The maximum atomic E-state index is 13.6. The number of benzene rings is 2. The van der Waals surface area contributed by atoms with Crippen molar-refractivity contribution in [2.24, 2.45) is 0 Å². The van der Waals surface area contributed by atoms with Gasteiger partial charge in [-0.05, 0) is 42.8 Å². The average Bonchev–Trinajstić information content (AvgIpc) is 2.50.